The van der Waals surface area contributed by atoms with Crippen LogP contribution in [0.4, 0.5) is 11.4 Å². The van der Waals surface area contributed by atoms with Gasteiger partial charge >= 0.3 is 42.1 Å². The third kappa shape index (κ3) is 6.80. The molecule has 1 aromatic rings. The molecule has 1 N–H and O–H groups in total. The molecule has 0 fully saturated rings. The molecule has 0 saturated carbocycles. The van der Waals surface area contributed by atoms with E-state index in [0.29, 0.717) is 0 Å². The Hall–Kier alpha value is -0.387. The number of quaternary nitrogens is 1. The Morgan fingerprint density at radius 2 is 1.73 bits per heavy atom. The SMILES string of the molecule is CN(C)c1ccc(N=NC2N(C)C=C[NH+]2C)cc1.[Cl][Zn-]([Cl])[Cl]. The van der Waals surface area contributed by atoms with Crippen LogP contribution >= 0.6 is 29.1 Å². The van der Waals surface area contributed by atoms with Crippen molar-refractivity contribution in [3.05, 3.63) is 36.7 Å². The standard InChI is InChI=1S/C13H19N5.3ClH.Zn/c1-16(2)12-7-5-11(6-8-12)14-15-13-17(3)9-10-18(13)4;;;;/h5-10,13H,1-4H3;3*1H;/q;;;;+2/p-2. The molecule has 5 nitrogen and oxygen atoms in total. The predicted molar refractivity (Wildman–Crippen MR) is 90.4 cm³/mol. The zero-order valence-corrected chi connectivity index (χ0v) is 18.4. The molecule has 0 bridgehead atoms. The summed E-state index contributed by atoms with van der Waals surface area (Å²) in [6, 6.07) is 8.05. The molecular formula is C13H20Cl3N5Zn. The van der Waals surface area contributed by atoms with E-state index in [4.69, 9.17) is 29.1 Å². The summed E-state index contributed by atoms with van der Waals surface area (Å²) in [7, 11) is 23.2. The molecular weight excluding hydrogens is 398 g/mol. The van der Waals surface area contributed by atoms with Crippen LogP contribution in [0.5, 0.6) is 0 Å². The molecule has 1 aliphatic rings. The fraction of sp³-hybridized carbons (Fsp3) is 0.385. The second kappa shape index (κ2) is 9.69. The third-order valence-electron chi connectivity index (χ3n) is 3.01. The van der Waals surface area contributed by atoms with Crippen molar-refractivity contribution >= 4 is 40.4 Å². The fourth-order valence-corrected chi connectivity index (χ4v) is 1.84. The Morgan fingerprint density at radius 1 is 1.18 bits per heavy atom. The minimum atomic E-state index is -2.21. The Morgan fingerprint density at radius 3 is 2.14 bits per heavy atom. The third-order valence-corrected chi connectivity index (χ3v) is 3.01. The second-order valence-electron chi connectivity index (χ2n) is 5.03. The van der Waals surface area contributed by atoms with Gasteiger partial charge in [0.25, 0.3) is 6.29 Å². The summed E-state index contributed by atoms with van der Waals surface area (Å²) in [5.41, 5.74) is 2.05. The number of nitrogens with zero attached hydrogens (tertiary/aromatic N) is 4. The van der Waals surface area contributed by atoms with E-state index in [2.05, 4.69) is 28.4 Å². The van der Waals surface area contributed by atoms with Crippen LogP contribution in [-0.2, 0) is 13.0 Å². The number of rotatable bonds is 3. The average Bonchev–Trinajstić information content (AvgIpc) is 2.76. The van der Waals surface area contributed by atoms with Gasteiger partial charge in [-0.1, -0.05) is 0 Å². The van der Waals surface area contributed by atoms with Crippen LogP contribution in [0.1, 0.15) is 0 Å². The van der Waals surface area contributed by atoms with Gasteiger partial charge in [-0.15, -0.1) is 10.2 Å². The minimum absolute atomic E-state index is 0.0403. The van der Waals surface area contributed by atoms with Gasteiger partial charge in [-0.05, 0) is 24.3 Å². The molecule has 2 atom stereocenters. The number of hydrogen-bond donors (Lipinski definition) is 1. The molecule has 2 rings (SSSR count). The van der Waals surface area contributed by atoms with Crippen molar-refractivity contribution in [2.24, 2.45) is 10.2 Å². The number of nitrogens with one attached hydrogen (secondary N) is 1. The molecule has 0 aromatic heterocycles. The zero-order chi connectivity index (χ0) is 16.7. The van der Waals surface area contributed by atoms with Crippen LogP contribution in [0.2, 0.25) is 0 Å². The summed E-state index contributed by atoms with van der Waals surface area (Å²) in [5, 5.41) is 8.66. The van der Waals surface area contributed by atoms with Gasteiger partial charge < -0.3 is 9.80 Å². The van der Waals surface area contributed by atoms with Crippen LogP contribution in [0.25, 0.3) is 0 Å². The Labute approximate surface area is 149 Å². The molecule has 120 valence electrons. The number of azo groups is 1. The van der Waals surface area contributed by atoms with Gasteiger partial charge in [0, 0.05) is 26.8 Å². The summed E-state index contributed by atoms with van der Waals surface area (Å²) in [6.45, 7) is 0. The number of hydrogen-bond acceptors (Lipinski definition) is 4. The van der Waals surface area contributed by atoms with Crippen LogP contribution < -0.4 is 9.80 Å². The summed E-state index contributed by atoms with van der Waals surface area (Å²) in [4.78, 5) is 5.33. The average molecular weight is 418 g/mol. The monoisotopic (exact) mass is 415 g/mol. The van der Waals surface area contributed by atoms with E-state index < -0.39 is 13.0 Å². The zero-order valence-electron chi connectivity index (χ0n) is 13.2. The topological polar surface area (TPSA) is 35.6 Å². The molecule has 22 heavy (non-hydrogen) atoms. The van der Waals surface area contributed by atoms with E-state index >= 15 is 0 Å². The molecule has 1 aliphatic heterocycles. The number of halogens is 3. The molecule has 2 unspecified atom stereocenters. The summed E-state index contributed by atoms with van der Waals surface area (Å²) < 4.78 is 0. The van der Waals surface area contributed by atoms with E-state index in [1.165, 1.54) is 4.90 Å². The van der Waals surface area contributed by atoms with Crippen LogP contribution in [0, 0.1) is 0 Å². The van der Waals surface area contributed by atoms with Crippen molar-refractivity contribution in [3.63, 3.8) is 0 Å². The molecule has 1 heterocycles. The van der Waals surface area contributed by atoms with Crippen LogP contribution in [-0.4, -0.2) is 39.4 Å². The van der Waals surface area contributed by atoms with Gasteiger partial charge in [-0.3, -0.25) is 4.90 Å². The second-order valence-corrected chi connectivity index (χ2v) is 18.9. The Kier molecular flexibility index (Phi) is 8.66. The van der Waals surface area contributed by atoms with Gasteiger partial charge in [-0.2, -0.15) is 0 Å². The summed E-state index contributed by atoms with van der Waals surface area (Å²) in [5.74, 6) is 0. The van der Waals surface area contributed by atoms with Gasteiger partial charge in [0.05, 0.1) is 18.9 Å². The first kappa shape index (κ1) is 19.7. The Balaban J connectivity index is 0.000000541. The van der Waals surface area contributed by atoms with Crippen molar-refractivity contribution < 1.29 is 17.9 Å². The van der Waals surface area contributed by atoms with Crippen LogP contribution in [0.3, 0.4) is 0 Å². The van der Waals surface area contributed by atoms with Crippen molar-refractivity contribution in [3.8, 4) is 0 Å². The van der Waals surface area contributed by atoms with E-state index in [1.807, 2.05) is 56.5 Å². The van der Waals surface area contributed by atoms with E-state index in [1.54, 1.807) is 0 Å². The van der Waals surface area contributed by atoms with Crippen molar-refractivity contribution in [1.29, 1.82) is 0 Å². The molecule has 0 radical (unpaired) electrons. The molecule has 0 amide bonds. The first-order chi connectivity index (χ1) is 10.3. The maximum atomic E-state index is 5.01. The normalized spacial score (nSPS) is 20.0. The van der Waals surface area contributed by atoms with Crippen molar-refractivity contribution in [2.45, 2.75) is 6.29 Å². The van der Waals surface area contributed by atoms with Crippen molar-refractivity contribution in [2.75, 3.05) is 33.1 Å². The fourth-order valence-electron chi connectivity index (χ4n) is 1.84. The molecule has 1 aromatic carbocycles. The Bertz CT molecular complexity index is 492. The molecule has 0 saturated heterocycles. The van der Waals surface area contributed by atoms with Crippen molar-refractivity contribution in [1.82, 2.24) is 4.90 Å². The molecule has 0 aliphatic carbocycles. The van der Waals surface area contributed by atoms with Crippen LogP contribution in [0.15, 0.2) is 46.9 Å². The summed E-state index contributed by atoms with van der Waals surface area (Å²) >= 11 is -2.21. The number of benzene rings is 1. The molecule has 9 heteroatoms. The predicted octanol–water partition coefficient (Wildman–Crippen LogP) is 3.12. The van der Waals surface area contributed by atoms with E-state index in [9.17, 15) is 0 Å². The van der Waals surface area contributed by atoms with Gasteiger partial charge in [0.15, 0.2) is 0 Å². The van der Waals surface area contributed by atoms with Gasteiger partial charge in [0.1, 0.15) is 6.20 Å². The molecule has 0 spiro atoms. The van der Waals surface area contributed by atoms with Gasteiger partial charge in [-0.25, -0.2) is 0 Å². The first-order valence-electron chi connectivity index (χ1n) is 6.80. The van der Waals surface area contributed by atoms with Gasteiger partial charge in [0.2, 0.25) is 0 Å². The van der Waals surface area contributed by atoms with E-state index in [0.717, 1.165) is 11.4 Å². The summed E-state index contributed by atoms with van der Waals surface area (Å²) in [6.07, 6.45) is 4.13. The van der Waals surface area contributed by atoms with E-state index in [-0.39, 0.29) is 6.29 Å². The number of anilines is 1. The maximum absolute atomic E-state index is 5.01. The quantitative estimate of drug-likeness (QED) is 0.605. The first-order valence-corrected chi connectivity index (χ1v) is 18.5.